The lowest BCUT2D eigenvalue weighted by Crippen LogP contribution is -2.43. The molecule has 2 amide bonds. The first kappa shape index (κ1) is 16.0. The number of carbonyl (C=O) groups is 2. The van der Waals surface area contributed by atoms with Crippen LogP contribution in [0.1, 0.15) is 26.3 Å². The SMILES string of the molecule is Cc1ccc(OC(C)C(=O)NCC(=O)NC(C)C)cc1. The van der Waals surface area contributed by atoms with Crippen LogP contribution in [0.4, 0.5) is 0 Å². The Morgan fingerprint density at radius 2 is 1.75 bits per heavy atom. The lowest BCUT2D eigenvalue weighted by Gasteiger charge is -2.15. The number of rotatable bonds is 6. The Hall–Kier alpha value is -2.04. The quantitative estimate of drug-likeness (QED) is 0.826. The molecule has 0 bridgehead atoms. The molecule has 110 valence electrons. The van der Waals surface area contributed by atoms with Gasteiger partial charge in [-0.1, -0.05) is 17.7 Å². The fourth-order valence-corrected chi connectivity index (χ4v) is 1.56. The van der Waals surface area contributed by atoms with Crippen molar-refractivity contribution in [3.63, 3.8) is 0 Å². The van der Waals surface area contributed by atoms with Crippen LogP contribution in [0.25, 0.3) is 0 Å². The number of hydrogen-bond acceptors (Lipinski definition) is 3. The maximum Gasteiger partial charge on any atom is 0.261 e. The molecule has 0 heterocycles. The summed E-state index contributed by atoms with van der Waals surface area (Å²) in [6.45, 7) is 7.31. The van der Waals surface area contributed by atoms with Gasteiger partial charge >= 0.3 is 0 Å². The van der Waals surface area contributed by atoms with Crippen molar-refractivity contribution in [2.24, 2.45) is 0 Å². The molecular formula is C15H22N2O3. The van der Waals surface area contributed by atoms with Gasteiger partial charge in [0.15, 0.2) is 6.10 Å². The highest BCUT2D eigenvalue weighted by Crippen LogP contribution is 2.13. The van der Waals surface area contributed by atoms with E-state index in [0.717, 1.165) is 5.56 Å². The number of nitrogens with one attached hydrogen (secondary N) is 2. The molecular weight excluding hydrogens is 256 g/mol. The van der Waals surface area contributed by atoms with Gasteiger partial charge in [0.1, 0.15) is 5.75 Å². The molecule has 0 aliphatic rings. The Morgan fingerprint density at radius 1 is 1.15 bits per heavy atom. The van der Waals surface area contributed by atoms with E-state index in [0.29, 0.717) is 5.75 Å². The third-order valence-corrected chi connectivity index (χ3v) is 2.58. The molecule has 1 aromatic rings. The lowest BCUT2D eigenvalue weighted by atomic mass is 10.2. The van der Waals surface area contributed by atoms with Crippen molar-refractivity contribution in [3.05, 3.63) is 29.8 Å². The average Bonchev–Trinajstić information content (AvgIpc) is 2.37. The predicted molar refractivity (Wildman–Crippen MR) is 77.6 cm³/mol. The summed E-state index contributed by atoms with van der Waals surface area (Å²) in [4.78, 5) is 23.2. The normalized spacial score (nSPS) is 11.8. The summed E-state index contributed by atoms with van der Waals surface area (Å²) in [7, 11) is 0. The second-order valence-electron chi connectivity index (χ2n) is 5.01. The maximum absolute atomic E-state index is 11.8. The zero-order valence-electron chi connectivity index (χ0n) is 12.4. The average molecular weight is 278 g/mol. The second-order valence-corrected chi connectivity index (χ2v) is 5.01. The van der Waals surface area contributed by atoms with E-state index < -0.39 is 6.10 Å². The fourth-order valence-electron chi connectivity index (χ4n) is 1.56. The van der Waals surface area contributed by atoms with Gasteiger partial charge in [-0.05, 0) is 39.8 Å². The molecule has 1 rings (SSSR count). The van der Waals surface area contributed by atoms with E-state index in [4.69, 9.17) is 4.74 Å². The largest absolute Gasteiger partial charge is 0.481 e. The molecule has 2 N–H and O–H groups in total. The van der Waals surface area contributed by atoms with Crippen molar-refractivity contribution in [2.75, 3.05) is 6.54 Å². The first-order valence-electron chi connectivity index (χ1n) is 6.69. The first-order chi connectivity index (χ1) is 9.38. The smallest absolute Gasteiger partial charge is 0.261 e. The summed E-state index contributed by atoms with van der Waals surface area (Å²) in [5, 5.41) is 5.24. The van der Waals surface area contributed by atoms with Crippen molar-refractivity contribution in [1.82, 2.24) is 10.6 Å². The summed E-state index contributed by atoms with van der Waals surface area (Å²) in [6, 6.07) is 7.50. The van der Waals surface area contributed by atoms with E-state index in [2.05, 4.69) is 10.6 Å². The first-order valence-corrected chi connectivity index (χ1v) is 6.69. The summed E-state index contributed by atoms with van der Waals surface area (Å²) >= 11 is 0. The van der Waals surface area contributed by atoms with Crippen LogP contribution in [-0.2, 0) is 9.59 Å². The maximum atomic E-state index is 11.8. The zero-order chi connectivity index (χ0) is 15.1. The van der Waals surface area contributed by atoms with Crippen LogP contribution in [0.3, 0.4) is 0 Å². The van der Waals surface area contributed by atoms with Crippen LogP contribution >= 0.6 is 0 Å². The summed E-state index contributed by atoms with van der Waals surface area (Å²) in [5.74, 6) is 0.102. The molecule has 1 aromatic carbocycles. The van der Waals surface area contributed by atoms with Gasteiger partial charge in [-0.25, -0.2) is 0 Å². The predicted octanol–water partition coefficient (Wildman–Crippen LogP) is 1.40. The topological polar surface area (TPSA) is 67.4 Å². The second kappa shape index (κ2) is 7.53. The third-order valence-electron chi connectivity index (χ3n) is 2.58. The van der Waals surface area contributed by atoms with Crippen molar-refractivity contribution in [1.29, 1.82) is 0 Å². The van der Waals surface area contributed by atoms with Gasteiger partial charge in [0.2, 0.25) is 5.91 Å². The minimum Gasteiger partial charge on any atom is -0.481 e. The Bertz CT molecular complexity index is 455. The molecule has 0 saturated heterocycles. The Kier molecular flexibility index (Phi) is 6.03. The van der Waals surface area contributed by atoms with Gasteiger partial charge < -0.3 is 15.4 Å². The standard InChI is InChI=1S/C15H22N2O3/c1-10(2)17-14(18)9-16-15(19)12(4)20-13-7-5-11(3)6-8-13/h5-8,10,12H,9H2,1-4H3,(H,16,19)(H,17,18). The van der Waals surface area contributed by atoms with Crippen LogP contribution in [0.5, 0.6) is 5.75 Å². The number of hydrogen-bond donors (Lipinski definition) is 2. The molecule has 1 unspecified atom stereocenters. The van der Waals surface area contributed by atoms with E-state index >= 15 is 0 Å². The molecule has 5 heteroatoms. The summed E-state index contributed by atoms with van der Waals surface area (Å²) < 4.78 is 5.50. The van der Waals surface area contributed by atoms with Crippen molar-refractivity contribution in [3.8, 4) is 5.75 Å². The Morgan fingerprint density at radius 3 is 2.30 bits per heavy atom. The third kappa shape index (κ3) is 5.73. The highest BCUT2D eigenvalue weighted by Gasteiger charge is 2.15. The van der Waals surface area contributed by atoms with E-state index in [1.165, 1.54) is 0 Å². The number of aryl methyl sites for hydroxylation is 1. The molecule has 5 nitrogen and oxygen atoms in total. The Labute approximate surface area is 119 Å². The molecule has 0 saturated carbocycles. The van der Waals surface area contributed by atoms with Gasteiger partial charge in [0.25, 0.3) is 5.91 Å². The lowest BCUT2D eigenvalue weighted by molar-refractivity contribution is -0.130. The van der Waals surface area contributed by atoms with Crippen LogP contribution in [-0.4, -0.2) is 30.5 Å². The van der Waals surface area contributed by atoms with Gasteiger partial charge in [-0.2, -0.15) is 0 Å². The van der Waals surface area contributed by atoms with E-state index in [1.54, 1.807) is 6.92 Å². The highest BCUT2D eigenvalue weighted by atomic mass is 16.5. The highest BCUT2D eigenvalue weighted by molar-refractivity contribution is 5.86. The zero-order valence-corrected chi connectivity index (χ0v) is 12.4. The minimum atomic E-state index is -0.649. The fraction of sp³-hybridized carbons (Fsp3) is 0.467. The monoisotopic (exact) mass is 278 g/mol. The van der Waals surface area contributed by atoms with Crippen LogP contribution < -0.4 is 15.4 Å². The Balaban J connectivity index is 2.39. The van der Waals surface area contributed by atoms with Gasteiger partial charge in [0.05, 0.1) is 6.54 Å². The van der Waals surface area contributed by atoms with Crippen molar-refractivity contribution < 1.29 is 14.3 Å². The molecule has 0 aliphatic carbocycles. The van der Waals surface area contributed by atoms with Gasteiger partial charge in [0, 0.05) is 6.04 Å². The molecule has 0 spiro atoms. The van der Waals surface area contributed by atoms with Gasteiger partial charge in [-0.3, -0.25) is 9.59 Å². The molecule has 1 atom stereocenters. The van der Waals surface area contributed by atoms with E-state index in [-0.39, 0.29) is 24.4 Å². The van der Waals surface area contributed by atoms with Crippen molar-refractivity contribution in [2.45, 2.75) is 39.8 Å². The summed E-state index contributed by atoms with van der Waals surface area (Å²) in [6.07, 6.45) is -0.649. The number of ether oxygens (including phenoxy) is 1. The molecule has 0 aliphatic heterocycles. The number of carbonyl (C=O) groups excluding carboxylic acids is 2. The number of amides is 2. The van der Waals surface area contributed by atoms with Gasteiger partial charge in [-0.15, -0.1) is 0 Å². The van der Waals surface area contributed by atoms with E-state index in [9.17, 15) is 9.59 Å². The summed E-state index contributed by atoms with van der Waals surface area (Å²) in [5.41, 5.74) is 1.12. The van der Waals surface area contributed by atoms with Crippen LogP contribution in [0.15, 0.2) is 24.3 Å². The van der Waals surface area contributed by atoms with E-state index in [1.807, 2.05) is 45.0 Å². The van der Waals surface area contributed by atoms with Crippen LogP contribution in [0.2, 0.25) is 0 Å². The molecule has 0 radical (unpaired) electrons. The minimum absolute atomic E-state index is 0.0430. The molecule has 0 fully saturated rings. The van der Waals surface area contributed by atoms with Crippen molar-refractivity contribution >= 4 is 11.8 Å². The molecule has 0 aromatic heterocycles. The number of benzene rings is 1. The van der Waals surface area contributed by atoms with Crippen LogP contribution in [0, 0.1) is 6.92 Å². The molecule has 20 heavy (non-hydrogen) atoms.